The van der Waals surface area contributed by atoms with Crippen molar-refractivity contribution in [3.8, 4) is 5.75 Å². The van der Waals surface area contributed by atoms with Crippen molar-refractivity contribution in [2.45, 2.75) is 40.2 Å². The van der Waals surface area contributed by atoms with Gasteiger partial charge in [0, 0.05) is 24.3 Å². The van der Waals surface area contributed by atoms with Crippen LogP contribution in [0.4, 0.5) is 16.2 Å². The zero-order chi connectivity index (χ0) is 20.3. The second-order valence-corrected chi connectivity index (χ2v) is 7.20. The average Bonchev–Trinajstić information content (AvgIpc) is 2.99. The van der Waals surface area contributed by atoms with Gasteiger partial charge in [-0.05, 0) is 63.1 Å². The van der Waals surface area contributed by atoms with Crippen LogP contribution in [0.2, 0.25) is 0 Å². The van der Waals surface area contributed by atoms with E-state index in [1.165, 1.54) is 0 Å². The summed E-state index contributed by atoms with van der Waals surface area (Å²) in [7, 11) is 0. The van der Waals surface area contributed by atoms with Gasteiger partial charge < -0.3 is 20.3 Å². The molecule has 0 aliphatic carbocycles. The number of anilines is 2. The van der Waals surface area contributed by atoms with Gasteiger partial charge in [0.25, 0.3) is 0 Å². The first-order valence-corrected chi connectivity index (χ1v) is 9.56. The Morgan fingerprint density at radius 2 is 1.79 bits per heavy atom. The first-order valence-electron chi connectivity index (χ1n) is 9.56. The van der Waals surface area contributed by atoms with Crippen LogP contribution in [0.15, 0.2) is 36.4 Å². The number of amides is 3. The van der Waals surface area contributed by atoms with Crippen LogP contribution in [0, 0.1) is 20.8 Å². The molecule has 1 atom stereocenters. The number of hydrogen-bond donors (Lipinski definition) is 2. The van der Waals surface area contributed by atoms with Gasteiger partial charge in [0.15, 0.2) is 0 Å². The van der Waals surface area contributed by atoms with Crippen molar-refractivity contribution in [2.24, 2.45) is 0 Å². The fraction of sp³-hybridized carbons (Fsp3) is 0.364. The second kappa shape index (κ2) is 8.33. The Balaban J connectivity index is 1.61. The topological polar surface area (TPSA) is 70.7 Å². The lowest BCUT2D eigenvalue weighted by atomic mass is 10.1. The summed E-state index contributed by atoms with van der Waals surface area (Å²) in [6.07, 6.45) is 0.284. The van der Waals surface area contributed by atoms with Crippen molar-refractivity contribution in [3.63, 3.8) is 0 Å². The van der Waals surface area contributed by atoms with Gasteiger partial charge in [0.1, 0.15) is 5.75 Å². The summed E-state index contributed by atoms with van der Waals surface area (Å²) < 4.78 is 5.44. The first-order chi connectivity index (χ1) is 13.4. The Morgan fingerprint density at radius 3 is 2.39 bits per heavy atom. The Labute approximate surface area is 165 Å². The van der Waals surface area contributed by atoms with Gasteiger partial charge in [0.05, 0.1) is 12.6 Å². The number of aryl methyl sites for hydroxylation is 3. The van der Waals surface area contributed by atoms with Crippen LogP contribution in [-0.2, 0) is 4.79 Å². The Bertz CT molecular complexity index is 854. The zero-order valence-corrected chi connectivity index (χ0v) is 16.8. The fourth-order valence-electron chi connectivity index (χ4n) is 3.65. The lowest BCUT2D eigenvalue weighted by Crippen LogP contribution is -2.40. The van der Waals surface area contributed by atoms with Gasteiger partial charge >= 0.3 is 6.03 Å². The van der Waals surface area contributed by atoms with Crippen molar-refractivity contribution < 1.29 is 14.3 Å². The third kappa shape index (κ3) is 4.44. The molecule has 1 fully saturated rings. The van der Waals surface area contributed by atoms with Crippen LogP contribution in [0.5, 0.6) is 5.75 Å². The van der Waals surface area contributed by atoms with E-state index < -0.39 is 0 Å². The number of rotatable bonds is 5. The smallest absolute Gasteiger partial charge is 0.319 e. The number of hydrogen-bond acceptors (Lipinski definition) is 3. The predicted octanol–water partition coefficient (Wildman–Crippen LogP) is 3.94. The van der Waals surface area contributed by atoms with Gasteiger partial charge in [-0.1, -0.05) is 17.7 Å². The van der Waals surface area contributed by atoms with Gasteiger partial charge in [-0.2, -0.15) is 0 Å². The summed E-state index contributed by atoms with van der Waals surface area (Å²) in [6.45, 7) is 8.96. The van der Waals surface area contributed by atoms with Crippen LogP contribution in [0.1, 0.15) is 30.0 Å². The van der Waals surface area contributed by atoms with Gasteiger partial charge in [0.2, 0.25) is 5.91 Å². The number of urea groups is 1. The minimum Gasteiger partial charge on any atom is -0.494 e. The molecule has 1 aliphatic heterocycles. The number of carbonyl (C=O) groups is 2. The van der Waals surface area contributed by atoms with Crippen LogP contribution < -0.4 is 20.3 Å². The Morgan fingerprint density at radius 1 is 1.14 bits per heavy atom. The number of nitrogens with one attached hydrogen (secondary N) is 2. The summed E-state index contributed by atoms with van der Waals surface area (Å²) in [5, 5.41) is 5.85. The van der Waals surface area contributed by atoms with E-state index in [0.717, 1.165) is 33.8 Å². The van der Waals surface area contributed by atoms with E-state index >= 15 is 0 Å². The molecule has 0 radical (unpaired) electrons. The SMILES string of the molecule is CCOc1ccc(N2CC(NC(=O)Nc3c(C)cc(C)cc3C)CC2=O)cc1. The minimum atomic E-state index is -0.290. The summed E-state index contributed by atoms with van der Waals surface area (Å²) in [4.78, 5) is 26.6. The van der Waals surface area contributed by atoms with Crippen LogP contribution in [0.25, 0.3) is 0 Å². The largest absolute Gasteiger partial charge is 0.494 e. The maximum Gasteiger partial charge on any atom is 0.319 e. The van der Waals surface area contributed by atoms with E-state index in [-0.39, 0.29) is 24.4 Å². The van der Waals surface area contributed by atoms with Crippen molar-refractivity contribution in [3.05, 3.63) is 53.1 Å². The number of carbonyl (C=O) groups excluding carboxylic acids is 2. The number of ether oxygens (including phenoxy) is 1. The molecule has 3 amide bonds. The van der Waals surface area contributed by atoms with Crippen LogP contribution in [0.3, 0.4) is 0 Å². The van der Waals surface area contributed by atoms with Crippen LogP contribution in [-0.4, -0.2) is 31.1 Å². The molecule has 0 bridgehead atoms. The fourth-order valence-corrected chi connectivity index (χ4v) is 3.65. The predicted molar refractivity (Wildman–Crippen MR) is 111 cm³/mol. The monoisotopic (exact) mass is 381 g/mol. The van der Waals surface area contributed by atoms with E-state index in [2.05, 4.69) is 10.6 Å². The highest BCUT2D eigenvalue weighted by molar-refractivity contribution is 5.98. The van der Waals surface area contributed by atoms with Gasteiger partial charge in [-0.15, -0.1) is 0 Å². The molecule has 1 heterocycles. The maximum atomic E-state index is 12.5. The molecule has 0 aromatic heterocycles. The molecule has 3 rings (SSSR count). The van der Waals surface area contributed by atoms with E-state index in [9.17, 15) is 9.59 Å². The third-order valence-electron chi connectivity index (χ3n) is 4.84. The summed E-state index contributed by atoms with van der Waals surface area (Å²) in [5.41, 5.74) is 4.82. The molecule has 1 aliphatic rings. The van der Waals surface area contributed by atoms with Crippen LogP contribution >= 0.6 is 0 Å². The molecule has 148 valence electrons. The first kappa shape index (κ1) is 19.7. The van der Waals surface area contributed by atoms with Crippen molar-refractivity contribution >= 4 is 23.3 Å². The zero-order valence-electron chi connectivity index (χ0n) is 16.8. The Kier molecular flexibility index (Phi) is 5.87. The maximum absolute atomic E-state index is 12.5. The van der Waals surface area contributed by atoms with E-state index in [4.69, 9.17) is 4.74 Å². The highest BCUT2D eigenvalue weighted by atomic mass is 16.5. The molecule has 2 aromatic carbocycles. The lowest BCUT2D eigenvalue weighted by molar-refractivity contribution is -0.117. The Hall–Kier alpha value is -3.02. The minimum absolute atomic E-state index is 0.00263. The van der Waals surface area contributed by atoms with Gasteiger partial charge in [-0.3, -0.25) is 4.79 Å². The average molecular weight is 381 g/mol. The van der Waals surface area contributed by atoms with Gasteiger partial charge in [-0.25, -0.2) is 4.79 Å². The molecule has 2 aromatic rings. The number of benzene rings is 2. The molecular weight excluding hydrogens is 354 g/mol. The molecule has 1 unspecified atom stereocenters. The number of nitrogens with zero attached hydrogens (tertiary/aromatic N) is 1. The molecule has 2 N–H and O–H groups in total. The molecule has 0 saturated carbocycles. The lowest BCUT2D eigenvalue weighted by Gasteiger charge is -2.18. The highest BCUT2D eigenvalue weighted by Crippen LogP contribution is 2.25. The normalized spacial score (nSPS) is 16.2. The van der Waals surface area contributed by atoms with E-state index in [1.807, 2.05) is 64.1 Å². The standard InChI is InChI=1S/C22H27N3O3/c1-5-28-19-8-6-18(7-9-19)25-13-17(12-20(25)26)23-22(27)24-21-15(3)10-14(2)11-16(21)4/h6-11,17H,5,12-13H2,1-4H3,(H2,23,24,27). The summed E-state index contributed by atoms with van der Waals surface area (Å²) in [5.74, 6) is 0.771. The van der Waals surface area contributed by atoms with Crippen molar-refractivity contribution in [1.29, 1.82) is 0 Å². The molecule has 1 saturated heterocycles. The van der Waals surface area contributed by atoms with E-state index in [1.54, 1.807) is 4.90 Å². The quantitative estimate of drug-likeness (QED) is 0.824. The van der Waals surface area contributed by atoms with Crippen molar-refractivity contribution in [2.75, 3.05) is 23.4 Å². The molecule has 28 heavy (non-hydrogen) atoms. The highest BCUT2D eigenvalue weighted by Gasteiger charge is 2.31. The second-order valence-electron chi connectivity index (χ2n) is 7.20. The molecular formula is C22H27N3O3. The molecule has 6 nitrogen and oxygen atoms in total. The third-order valence-corrected chi connectivity index (χ3v) is 4.84. The van der Waals surface area contributed by atoms with Crippen molar-refractivity contribution in [1.82, 2.24) is 5.32 Å². The molecule has 6 heteroatoms. The van der Waals surface area contributed by atoms with E-state index in [0.29, 0.717) is 13.2 Å². The molecule has 0 spiro atoms. The summed E-state index contributed by atoms with van der Waals surface area (Å²) >= 11 is 0. The summed E-state index contributed by atoms with van der Waals surface area (Å²) in [6, 6.07) is 11.0.